The fourth-order valence-corrected chi connectivity index (χ4v) is 1.84. The minimum Gasteiger partial charge on any atom is -0.462 e. The molecule has 90 valence electrons. The smallest absolute Gasteiger partial charge is 0.328 e. The molecule has 0 saturated carbocycles. The third-order valence-corrected chi connectivity index (χ3v) is 2.88. The highest BCUT2D eigenvalue weighted by atomic mass is 32.1. The van der Waals surface area contributed by atoms with Crippen LogP contribution >= 0.6 is 11.3 Å². The van der Waals surface area contributed by atoms with Crippen LogP contribution < -0.4 is 5.73 Å². The van der Waals surface area contributed by atoms with E-state index in [1.807, 2.05) is 24.4 Å². The largest absolute Gasteiger partial charge is 0.462 e. The first-order valence-corrected chi connectivity index (χ1v) is 6.17. The quantitative estimate of drug-likeness (QED) is 0.585. The minimum absolute atomic E-state index is 0.262. The van der Waals surface area contributed by atoms with E-state index < -0.39 is 12.0 Å². The molecule has 5 heteroatoms. The van der Waals surface area contributed by atoms with Gasteiger partial charge in [-0.15, -0.1) is 11.3 Å². The Morgan fingerprint density at radius 1 is 1.50 bits per heavy atom. The first kappa shape index (κ1) is 13.2. The lowest BCUT2D eigenvalue weighted by atomic mass is 10.2. The fourth-order valence-electron chi connectivity index (χ4n) is 1.12. The van der Waals surface area contributed by atoms with Crippen LogP contribution in [0.1, 0.15) is 24.3 Å². The highest BCUT2D eigenvalue weighted by molar-refractivity contribution is 7.10. The van der Waals surface area contributed by atoms with Gasteiger partial charge in [-0.3, -0.25) is 0 Å². The lowest BCUT2D eigenvalue weighted by molar-refractivity contribution is -0.146. The second-order valence-electron chi connectivity index (χ2n) is 3.27. The van der Waals surface area contributed by atoms with E-state index in [4.69, 9.17) is 15.2 Å². The second kappa shape index (κ2) is 7.38. The molecule has 0 aromatic carbocycles. The van der Waals surface area contributed by atoms with Crippen molar-refractivity contribution < 1.29 is 14.3 Å². The van der Waals surface area contributed by atoms with E-state index in [9.17, 15) is 4.79 Å². The number of thiophene rings is 1. The molecule has 1 heterocycles. The van der Waals surface area contributed by atoms with Gasteiger partial charge in [0.2, 0.25) is 0 Å². The average molecular weight is 243 g/mol. The highest BCUT2D eigenvalue weighted by Gasteiger charge is 2.17. The number of hydrogen-bond donors (Lipinski definition) is 1. The summed E-state index contributed by atoms with van der Waals surface area (Å²) < 4.78 is 10.2. The Morgan fingerprint density at radius 2 is 2.31 bits per heavy atom. The van der Waals surface area contributed by atoms with Crippen molar-refractivity contribution in [2.45, 2.75) is 19.4 Å². The number of carbonyl (C=O) groups is 1. The number of hydrogen-bond acceptors (Lipinski definition) is 5. The summed E-state index contributed by atoms with van der Waals surface area (Å²) in [5.41, 5.74) is 5.72. The summed E-state index contributed by atoms with van der Waals surface area (Å²) in [5.74, 6) is -0.400. The Hall–Kier alpha value is -0.910. The van der Waals surface area contributed by atoms with Gasteiger partial charge in [0.1, 0.15) is 12.6 Å². The summed E-state index contributed by atoms with van der Waals surface area (Å²) in [7, 11) is 0. The van der Waals surface area contributed by atoms with Gasteiger partial charge in [-0.25, -0.2) is 4.79 Å². The van der Waals surface area contributed by atoms with Gasteiger partial charge < -0.3 is 15.2 Å². The molecule has 2 N–H and O–H groups in total. The van der Waals surface area contributed by atoms with Crippen LogP contribution in [0.25, 0.3) is 0 Å². The van der Waals surface area contributed by atoms with Crippen LogP contribution in [-0.4, -0.2) is 25.8 Å². The van der Waals surface area contributed by atoms with E-state index in [1.54, 1.807) is 0 Å². The molecule has 0 spiro atoms. The third kappa shape index (κ3) is 4.30. The molecule has 1 aromatic rings. The lowest BCUT2D eigenvalue weighted by Gasteiger charge is -2.09. The van der Waals surface area contributed by atoms with Crippen LogP contribution in [0.4, 0.5) is 0 Å². The zero-order chi connectivity index (χ0) is 11.8. The first-order valence-electron chi connectivity index (χ1n) is 5.29. The van der Waals surface area contributed by atoms with Crippen LogP contribution in [0.3, 0.4) is 0 Å². The molecule has 16 heavy (non-hydrogen) atoms. The summed E-state index contributed by atoms with van der Waals surface area (Å²) in [4.78, 5) is 12.3. The molecule has 0 fully saturated rings. The van der Waals surface area contributed by atoms with E-state index >= 15 is 0 Å². The van der Waals surface area contributed by atoms with Crippen molar-refractivity contribution in [3.8, 4) is 0 Å². The topological polar surface area (TPSA) is 61.5 Å². The molecule has 1 atom stereocenters. The Labute approximate surface area is 99.4 Å². The standard InChI is InChI=1S/C11H17NO3S/c1-2-5-14-6-7-15-11(13)10(12)9-4-3-8-16-9/h3-4,8,10H,2,5-7,12H2,1H3. The van der Waals surface area contributed by atoms with Crippen molar-refractivity contribution >= 4 is 17.3 Å². The van der Waals surface area contributed by atoms with Crippen LogP contribution in [0, 0.1) is 0 Å². The maximum atomic E-state index is 11.5. The van der Waals surface area contributed by atoms with Crippen LogP contribution in [0.2, 0.25) is 0 Å². The average Bonchev–Trinajstić information content (AvgIpc) is 2.81. The van der Waals surface area contributed by atoms with E-state index in [1.165, 1.54) is 11.3 Å². The van der Waals surface area contributed by atoms with Gasteiger partial charge in [0.05, 0.1) is 6.61 Å². The number of esters is 1. The van der Waals surface area contributed by atoms with Crippen molar-refractivity contribution in [1.82, 2.24) is 0 Å². The number of carbonyl (C=O) groups excluding carboxylic acids is 1. The third-order valence-electron chi connectivity index (χ3n) is 1.92. The Kier molecular flexibility index (Phi) is 6.07. The van der Waals surface area contributed by atoms with Gasteiger partial charge in [0, 0.05) is 11.5 Å². The van der Waals surface area contributed by atoms with Crippen molar-refractivity contribution in [3.63, 3.8) is 0 Å². The molecule has 1 rings (SSSR count). The molecule has 1 aromatic heterocycles. The van der Waals surface area contributed by atoms with Crippen LogP contribution in [0.15, 0.2) is 17.5 Å². The van der Waals surface area contributed by atoms with Crippen molar-refractivity contribution in [1.29, 1.82) is 0 Å². The molecule has 0 bridgehead atoms. The Bertz CT molecular complexity index is 300. The highest BCUT2D eigenvalue weighted by Crippen LogP contribution is 2.17. The van der Waals surface area contributed by atoms with E-state index in [2.05, 4.69) is 0 Å². The summed E-state index contributed by atoms with van der Waals surface area (Å²) in [6, 6.07) is 3.01. The maximum Gasteiger partial charge on any atom is 0.328 e. The molecule has 0 aliphatic carbocycles. The number of nitrogens with two attached hydrogens (primary N) is 1. The van der Waals surface area contributed by atoms with Gasteiger partial charge in [0.25, 0.3) is 0 Å². The van der Waals surface area contributed by atoms with Gasteiger partial charge in [-0.1, -0.05) is 13.0 Å². The molecule has 0 aliphatic rings. The monoisotopic (exact) mass is 243 g/mol. The molecule has 0 amide bonds. The van der Waals surface area contributed by atoms with E-state index in [0.29, 0.717) is 13.2 Å². The minimum atomic E-state index is -0.675. The van der Waals surface area contributed by atoms with Crippen LogP contribution in [-0.2, 0) is 14.3 Å². The summed E-state index contributed by atoms with van der Waals surface area (Å²) in [6.07, 6.45) is 0.961. The van der Waals surface area contributed by atoms with E-state index in [-0.39, 0.29) is 6.61 Å². The fraction of sp³-hybridized carbons (Fsp3) is 0.545. The van der Waals surface area contributed by atoms with Crippen LogP contribution in [0.5, 0.6) is 0 Å². The lowest BCUT2D eigenvalue weighted by Crippen LogP contribution is -2.24. The molecule has 1 unspecified atom stereocenters. The first-order chi connectivity index (χ1) is 7.75. The van der Waals surface area contributed by atoms with Gasteiger partial charge in [0.15, 0.2) is 0 Å². The molecular weight excluding hydrogens is 226 g/mol. The van der Waals surface area contributed by atoms with Crippen molar-refractivity contribution in [2.24, 2.45) is 5.73 Å². The normalized spacial score (nSPS) is 12.4. The Morgan fingerprint density at radius 3 is 2.94 bits per heavy atom. The summed E-state index contributed by atoms with van der Waals surface area (Å²) in [6.45, 7) is 3.40. The van der Waals surface area contributed by atoms with Gasteiger partial charge in [-0.05, 0) is 17.9 Å². The number of rotatable bonds is 7. The van der Waals surface area contributed by atoms with Crippen molar-refractivity contribution in [3.05, 3.63) is 22.4 Å². The summed E-state index contributed by atoms with van der Waals surface area (Å²) in [5, 5.41) is 1.88. The maximum absolute atomic E-state index is 11.5. The second-order valence-corrected chi connectivity index (χ2v) is 4.25. The number of ether oxygens (including phenoxy) is 2. The predicted octanol–water partition coefficient (Wildman–Crippen LogP) is 1.72. The Balaban J connectivity index is 2.20. The molecule has 0 saturated heterocycles. The molecule has 0 radical (unpaired) electrons. The molecule has 0 aliphatic heterocycles. The summed E-state index contributed by atoms with van der Waals surface area (Å²) >= 11 is 1.45. The van der Waals surface area contributed by atoms with Crippen molar-refractivity contribution in [2.75, 3.05) is 19.8 Å². The van der Waals surface area contributed by atoms with Gasteiger partial charge >= 0.3 is 5.97 Å². The zero-order valence-corrected chi connectivity index (χ0v) is 10.2. The van der Waals surface area contributed by atoms with Gasteiger partial charge in [-0.2, -0.15) is 0 Å². The molecule has 4 nitrogen and oxygen atoms in total. The SMILES string of the molecule is CCCOCCOC(=O)C(N)c1cccs1. The molecular formula is C11H17NO3S. The zero-order valence-electron chi connectivity index (χ0n) is 9.35. The predicted molar refractivity (Wildman–Crippen MR) is 63.3 cm³/mol. The van der Waals surface area contributed by atoms with E-state index in [0.717, 1.165) is 11.3 Å².